The van der Waals surface area contributed by atoms with Crippen LogP contribution in [0, 0.1) is 5.41 Å². The van der Waals surface area contributed by atoms with Crippen LogP contribution in [0.15, 0.2) is 24.3 Å². The molecule has 3 saturated carbocycles. The molecule has 2 nitrogen and oxygen atoms in total. The summed E-state index contributed by atoms with van der Waals surface area (Å²) in [6.07, 6.45) is -2.65. The van der Waals surface area contributed by atoms with Gasteiger partial charge in [0, 0.05) is 0 Å². The SMILES string of the molecule is O=C(O)C12CC(c3ccc(C(F)(F)F)cc3)(C1)C2. The van der Waals surface area contributed by atoms with Gasteiger partial charge < -0.3 is 5.11 Å². The molecule has 1 N–H and O–H groups in total. The Labute approximate surface area is 101 Å². The Morgan fingerprint density at radius 3 is 2.00 bits per heavy atom. The van der Waals surface area contributed by atoms with E-state index < -0.39 is 23.1 Å². The molecule has 0 unspecified atom stereocenters. The van der Waals surface area contributed by atoms with Crippen LogP contribution in [0.4, 0.5) is 13.2 Å². The standard InChI is InChI=1S/C13H11F3O2/c14-13(15,16)9-3-1-8(2-4-9)11-5-12(6-11,7-11)10(17)18/h1-4H,5-7H2,(H,17,18). The summed E-state index contributed by atoms with van der Waals surface area (Å²) in [4.78, 5) is 11.0. The minimum Gasteiger partial charge on any atom is -0.481 e. The van der Waals surface area contributed by atoms with E-state index in [1.54, 1.807) is 0 Å². The zero-order valence-electron chi connectivity index (χ0n) is 9.42. The van der Waals surface area contributed by atoms with Gasteiger partial charge >= 0.3 is 12.1 Å². The maximum absolute atomic E-state index is 12.4. The van der Waals surface area contributed by atoms with Crippen molar-refractivity contribution in [2.45, 2.75) is 30.9 Å². The largest absolute Gasteiger partial charge is 0.481 e. The van der Waals surface area contributed by atoms with Gasteiger partial charge in [0.25, 0.3) is 0 Å². The van der Waals surface area contributed by atoms with Crippen LogP contribution in [-0.2, 0) is 16.4 Å². The number of benzene rings is 1. The molecule has 0 spiro atoms. The van der Waals surface area contributed by atoms with E-state index in [9.17, 15) is 18.0 Å². The molecule has 1 aromatic carbocycles. The molecular formula is C13H11F3O2. The minimum atomic E-state index is -4.32. The van der Waals surface area contributed by atoms with Crippen molar-refractivity contribution in [3.63, 3.8) is 0 Å². The van der Waals surface area contributed by atoms with Crippen molar-refractivity contribution in [2.24, 2.45) is 5.41 Å². The third-order valence-electron chi connectivity index (χ3n) is 4.31. The Balaban J connectivity index is 1.79. The molecule has 0 aromatic heterocycles. The smallest absolute Gasteiger partial charge is 0.416 e. The first-order chi connectivity index (χ1) is 8.28. The van der Waals surface area contributed by atoms with Crippen molar-refractivity contribution < 1.29 is 23.1 Å². The fourth-order valence-electron chi connectivity index (χ4n) is 3.33. The molecule has 0 heterocycles. The van der Waals surface area contributed by atoms with E-state index in [1.165, 1.54) is 12.1 Å². The van der Waals surface area contributed by atoms with Crippen LogP contribution in [0.3, 0.4) is 0 Å². The highest BCUT2D eigenvalue weighted by Gasteiger charge is 2.72. The number of carboxylic acid groups (broad SMARTS) is 1. The van der Waals surface area contributed by atoms with Crippen LogP contribution < -0.4 is 0 Å². The number of carboxylic acids is 1. The fraction of sp³-hybridized carbons (Fsp3) is 0.462. The highest BCUT2D eigenvalue weighted by molar-refractivity contribution is 5.80. The van der Waals surface area contributed by atoms with Crippen molar-refractivity contribution >= 4 is 5.97 Å². The van der Waals surface area contributed by atoms with Crippen molar-refractivity contribution in [3.8, 4) is 0 Å². The lowest BCUT2D eigenvalue weighted by Gasteiger charge is -2.68. The summed E-state index contributed by atoms with van der Waals surface area (Å²) in [5.41, 5.74) is -0.602. The molecule has 0 atom stereocenters. The monoisotopic (exact) mass is 256 g/mol. The minimum absolute atomic E-state index is 0.178. The van der Waals surface area contributed by atoms with Crippen LogP contribution in [0.1, 0.15) is 30.4 Å². The quantitative estimate of drug-likeness (QED) is 0.882. The molecule has 96 valence electrons. The lowest BCUT2D eigenvalue weighted by atomic mass is 9.33. The van der Waals surface area contributed by atoms with E-state index in [-0.39, 0.29) is 5.41 Å². The number of hydrogen-bond acceptors (Lipinski definition) is 1. The first-order valence-electron chi connectivity index (χ1n) is 5.69. The van der Waals surface area contributed by atoms with E-state index >= 15 is 0 Å². The van der Waals surface area contributed by atoms with Crippen molar-refractivity contribution in [3.05, 3.63) is 35.4 Å². The van der Waals surface area contributed by atoms with Gasteiger partial charge in [-0.1, -0.05) is 12.1 Å². The molecule has 1 aromatic rings. The van der Waals surface area contributed by atoms with Crippen LogP contribution in [-0.4, -0.2) is 11.1 Å². The highest BCUT2D eigenvalue weighted by atomic mass is 19.4. The molecule has 0 saturated heterocycles. The number of aliphatic carboxylic acids is 1. The number of hydrogen-bond donors (Lipinski definition) is 1. The van der Waals surface area contributed by atoms with Crippen LogP contribution in [0.25, 0.3) is 0 Å². The van der Waals surface area contributed by atoms with Gasteiger partial charge in [0.2, 0.25) is 0 Å². The molecule has 5 heteroatoms. The average Bonchev–Trinajstić information content (AvgIpc) is 2.12. The Kier molecular flexibility index (Phi) is 1.98. The molecule has 4 rings (SSSR count). The maximum Gasteiger partial charge on any atom is 0.416 e. The first kappa shape index (κ1) is 11.6. The van der Waals surface area contributed by atoms with E-state index in [1.807, 2.05) is 0 Å². The second kappa shape index (κ2) is 3.08. The van der Waals surface area contributed by atoms with E-state index in [2.05, 4.69) is 0 Å². The van der Waals surface area contributed by atoms with Gasteiger partial charge in [0.15, 0.2) is 0 Å². The summed E-state index contributed by atoms with van der Waals surface area (Å²) in [6, 6.07) is 5.11. The Hall–Kier alpha value is -1.52. The van der Waals surface area contributed by atoms with Gasteiger partial charge in [-0.05, 0) is 42.4 Å². The second-order valence-corrected chi connectivity index (χ2v) is 5.47. The maximum atomic E-state index is 12.4. The second-order valence-electron chi connectivity index (χ2n) is 5.47. The lowest BCUT2D eigenvalue weighted by Crippen LogP contribution is -2.67. The Bertz CT molecular complexity index is 496. The van der Waals surface area contributed by atoms with Gasteiger partial charge in [-0.25, -0.2) is 0 Å². The van der Waals surface area contributed by atoms with Crippen LogP contribution >= 0.6 is 0 Å². The summed E-state index contributed by atoms with van der Waals surface area (Å²) in [5.74, 6) is -0.781. The predicted octanol–water partition coefficient (Wildman–Crippen LogP) is 3.21. The Morgan fingerprint density at radius 1 is 1.11 bits per heavy atom. The average molecular weight is 256 g/mol. The normalized spacial score (nSPS) is 33.5. The summed E-state index contributed by atoms with van der Waals surface area (Å²) in [6.45, 7) is 0. The predicted molar refractivity (Wildman–Crippen MR) is 57.0 cm³/mol. The van der Waals surface area contributed by atoms with Crippen molar-refractivity contribution in [1.82, 2.24) is 0 Å². The summed E-state index contributed by atoms with van der Waals surface area (Å²) >= 11 is 0. The van der Waals surface area contributed by atoms with Gasteiger partial charge in [-0.2, -0.15) is 13.2 Å². The topological polar surface area (TPSA) is 37.3 Å². The molecule has 0 amide bonds. The summed E-state index contributed by atoms with van der Waals surface area (Å²) in [5, 5.41) is 8.99. The van der Waals surface area contributed by atoms with Gasteiger partial charge in [-0.3, -0.25) is 4.79 Å². The summed E-state index contributed by atoms with van der Waals surface area (Å²) in [7, 11) is 0. The number of halogens is 3. The molecule has 2 bridgehead atoms. The summed E-state index contributed by atoms with van der Waals surface area (Å²) < 4.78 is 37.2. The Morgan fingerprint density at radius 2 is 1.61 bits per heavy atom. The zero-order chi connectivity index (χ0) is 13.2. The third kappa shape index (κ3) is 1.33. The number of carbonyl (C=O) groups is 1. The number of alkyl halides is 3. The zero-order valence-corrected chi connectivity index (χ0v) is 9.42. The van der Waals surface area contributed by atoms with Crippen LogP contribution in [0.2, 0.25) is 0 Å². The van der Waals surface area contributed by atoms with Crippen molar-refractivity contribution in [2.75, 3.05) is 0 Å². The number of rotatable bonds is 2. The lowest BCUT2D eigenvalue weighted by molar-refractivity contribution is -0.194. The molecule has 3 fully saturated rings. The molecule has 0 radical (unpaired) electrons. The highest BCUT2D eigenvalue weighted by Crippen LogP contribution is 2.73. The van der Waals surface area contributed by atoms with Gasteiger partial charge in [0.05, 0.1) is 11.0 Å². The fourth-order valence-corrected chi connectivity index (χ4v) is 3.33. The van der Waals surface area contributed by atoms with E-state index in [0.29, 0.717) is 19.3 Å². The van der Waals surface area contributed by atoms with Gasteiger partial charge in [-0.15, -0.1) is 0 Å². The third-order valence-corrected chi connectivity index (χ3v) is 4.31. The molecular weight excluding hydrogens is 245 g/mol. The molecule has 3 aliphatic carbocycles. The molecule has 0 aliphatic heterocycles. The van der Waals surface area contributed by atoms with Gasteiger partial charge in [0.1, 0.15) is 0 Å². The molecule has 18 heavy (non-hydrogen) atoms. The van der Waals surface area contributed by atoms with E-state index in [0.717, 1.165) is 17.7 Å². The van der Waals surface area contributed by atoms with Crippen LogP contribution in [0.5, 0.6) is 0 Å². The first-order valence-corrected chi connectivity index (χ1v) is 5.69. The van der Waals surface area contributed by atoms with Crippen molar-refractivity contribution in [1.29, 1.82) is 0 Å². The molecule has 3 aliphatic rings. The van der Waals surface area contributed by atoms with E-state index in [4.69, 9.17) is 5.11 Å².